The fourth-order valence-electron chi connectivity index (χ4n) is 2.54. The van der Waals surface area contributed by atoms with Crippen LogP contribution in [0.25, 0.3) is 0 Å². The molecule has 1 unspecified atom stereocenters. The highest BCUT2D eigenvalue weighted by Crippen LogP contribution is 2.25. The maximum Gasteiger partial charge on any atom is 0.222 e. The van der Waals surface area contributed by atoms with E-state index < -0.39 is 0 Å². The van der Waals surface area contributed by atoms with Crippen molar-refractivity contribution in [1.29, 1.82) is 0 Å². The van der Waals surface area contributed by atoms with Crippen LogP contribution in [0.5, 0.6) is 0 Å². The number of amidine groups is 2. The van der Waals surface area contributed by atoms with E-state index >= 15 is 0 Å². The minimum absolute atomic E-state index is 0.123. The maximum atomic E-state index is 5.23. The molecule has 0 amide bonds. The highest BCUT2D eigenvalue weighted by Gasteiger charge is 2.34. The molecule has 1 N–H and O–H groups in total. The quantitative estimate of drug-likeness (QED) is 0.864. The molecule has 2 aliphatic heterocycles. The Balaban J connectivity index is 1.64. The molecule has 0 spiro atoms. The molecule has 0 aromatic heterocycles. The van der Waals surface area contributed by atoms with Crippen LogP contribution in [-0.2, 0) is 0 Å². The second-order valence-corrected chi connectivity index (χ2v) is 5.50. The van der Waals surface area contributed by atoms with E-state index in [4.69, 9.17) is 12.2 Å². The molecule has 0 saturated heterocycles. The number of nitrogens with one attached hydrogen (secondary N) is 1. The van der Waals surface area contributed by atoms with Crippen LogP contribution < -0.4 is 10.3 Å². The number of fused-ring (bicyclic) bond motifs is 1. The lowest BCUT2D eigenvalue weighted by molar-refractivity contribution is 1.13. The zero-order valence-corrected chi connectivity index (χ0v) is 12.9. The highest BCUT2D eigenvalue weighted by molar-refractivity contribution is 7.80. The molecule has 2 heterocycles. The summed E-state index contributed by atoms with van der Waals surface area (Å²) in [6, 6.07) is 19.8. The topological polar surface area (TPSA) is 52.4 Å². The molecule has 2 aromatic carbocycles. The lowest BCUT2D eigenvalue weighted by Gasteiger charge is -2.23. The highest BCUT2D eigenvalue weighted by atomic mass is 32.1. The minimum atomic E-state index is -0.123. The van der Waals surface area contributed by atoms with Crippen LogP contribution in [0.1, 0.15) is 0 Å². The number of hydrogen-bond acceptors (Lipinski definition) is 4. The fraction of sp³-hybridized carbons (Fsp3) is 0.0588. The van der Waals surface area contributed by atoms with Crippen molar-refractivity contribution in [2.45, 2.75) is 0 Å². The normalized spacial score (nSPS) is 19.2. The summed E-state index contributed by atoms with van der Waals surface area (Å²) in [5, 5.41) is 9.90. The number of nitrogens with zero attached hydrogens (tertiary/aromatic N) is 4. The largest absolute Gasteiger partial charge is 0.343 e. The molecule has 23 heavy (non-hydrogen) atoms. The first-order valence-electron chi connectivity index (χ1n) is 7.24. The lowest BCUT2D eigenvalue weighted by Crippen LogP contribution is -2.38. The first kappa shape index (κ1) is 13.8. The summed E-state index contributed by atoms with van der Waals surface area (Å²) in [6.07, 6.45) is 1.84. The van der Waals surface area contributed by atoms with Crippen molar-refractivity contribution in [3.8, 4) is 0 Å². The van der Waals surface area contributed by atoms with Crippen molar-refractivity contribution in [1.82, 2.24) is 0 Å². The Hall–Kier alpha value is -2.86. The number of aliphatic imine (C=N–C) groups is 2. The molecule has 0 saturated carbocycles. The average Bonchev–Trinajstić information content (AvgIpc) is 3.00. The summed E-state index contributed by atoms with van der Waals surface area (Å²) >= 11 is 5.23. The summed E-state index contributed by atoms with van der Waals surface area (Å²) in [5.41, 5.74) is 1.91. The van der Waals surface area contributed by atoms with Gasteiger partial charge < -0.3 is 5.32 Å². The Morgan fingerprint density at radius 2 is 1.61 bits per heavy atom. The minimum Gasteiger partial charge on any atom is -0.343 e. The molecule has 5 nitrogen and oxygen atoms in total. The van der Waals surface area contributed by atoms with E-state index in [9.17, 15) is 0 Å². The number of thiocarbonyl (C=S) groups is 1. The average molecular weight is 319 g/mol. The molecule has 6 heteroatoms. The summed E-state index contributed by atoms with van der Waals surface area (Å²) in [5.74, 6) is 1.39. The molecule has 0 bridgehead atoms. The first-order valence-corrected chi connectivity index (χ1v) is 7.64. The monoisotopic (exact) mass is 319 g/mol. The molecule has 4 rings (SSSR count). The number of anilines is 2. The van der Waals surface area contributed by atoms with Crippen molar-refractivity contribution in [3.63, 3.8) is 0 Å². The van der Waals surface area contributed by atoms with Gasteiger partial charge in [-0.25, -0.2) is 15.0 Å². The summed E-state index contributed by atoms with van der Waals surface area (Å²) in [7, 11) is 0. The molecular formula is C17H13N5S. The predicted molar refractivity (Wildman–Crippen MR) is 98.4 cm³/mol. The third-order valence-corrected chi connectivity index (χ3v) is 3.78. The summed E-state index contributed by atoms with van der Waals surface area (Å²) < 4.78 is 0. The van der Waals surface area contributed by atoms with Gasteiger partial charge in [-0.1, -0.05) is 36.4 Å². The second-order valence-electron chi connectivity index (χ2n) is 5.13. The first-order chi connectivity index (χ1) is 11.3. The Morgan fingerprint density at radius 3 is 2.35 bits per heavy atom. The van der Waals surface area contributed by atoms with Gasteiger partial charge in [0, 0.05) is 11.9 Å². The number of para-hydroxylation sites is 2. The van der Waals surface area contributed by atoms with E-state index in [2.05, 4.69) is 20.4 Å². The molecular weight excluding hydrogens is 306 g/mol. The van der Waals surface area contributed by atoms with Crippen molar-refractivity contribution in [2.75, 3.05) is 10.3 Å². The summed E-state index contributed by atoms with van der Waals surface area (Å²) in [4.78, 5) is 8.80. The standard InChI is InChI=1S/C17H13N5S/c23-17-20-15(19-12-7-3-1-4-8-12)14-11-18-22(16(14)21-17)13-9-5-2-6-10-13/h1-11,14H,(H,19,20,23). The van der Waals surface area contributed by atoms with Crippen LogP contribution in [0.2, 0.25) is 0 Å². The lowest BCUT2D eigenvalue weighted by atomic mass is 10.1. The second kappa shape index (κ2) is 5.73. The zero-order valence-electron chi connectivity index (χ0n) is 12.1. The Bertz CT molecular complexity index is 827. The molecule has 0 radical (unpaired) electrons. The van der Waals surface area contributed by atoms with Gasteiger partial charge in [-0.2, -0.15) is 5.10 Å². The van der Waals surface area contributed by atoms with E-state index in [0.29, 0.717) is 5.11 Å². The SMILES string of the molecule is S=C1N=C(Nc2ccccc2)C2C=NN(c3ccccc3)C2=N1. The maximum absolute atomic E-state index is 5.23. The molecule has 2 aromatic rings. The van der Waals surface area contributed by atoms with Crippen molar-refractivity contribution < 1.29 is 0 Å². The van der Waals surface area contributed by atoms with E-state index in [-0.39, 0.29) is 5.92 Å². The smallest absolute Gasteiger partial charge is 0.222 e. The van der Waals surface area contributed by atoms with Gasteiger partial charge in [0.05, 0.1) is 5.69 Å². The van der Waals surface area contributed by atoms with Gasteiger partial charge >= 0.3 is 0 Å². The van der Waals surface area contributed by atoms with Gasteiger partial charge in [-0.15, -0.1) is 0 Å². The van der Waals surface area contributed by atoms with Crippen LogP contribution >= 0.6 is 12.2 Å². The van der Waals surface area contributed by atoms with Crippen molar-refractivity contribution >= 4 is 46.6 Å². The van der Waals surface area contributed by atoms with Crippen LogP contribution in [0.3, 0.4) is 0 Å². The Kier molecular flexibility index (Phi) is 3.44. The van der Waals surface area contributed by atoms with Gasteiger partial charge in [0.15, 0.2) is 0 Å². The predicted octanol–water partition coefficient (Wildman–Crippen LogP) is 3.32. The number of benzene rings is 2. The van der Waals surface area contributed by atoms with Crippen LogP contribution in [-0.4, -0.2) is 23.0 Å². The number of rotatable bonds is 2. The van der Waals surface area contributed by atoms with Gasteiger partial charge in [-0.3, -0.25) is 0 Å². The summed E-state index contributed by atoms with van der Waals surface area (Å²) in [6.45, 7) is 0. The Morgan fingerprint density at radius 1 is 0.913 bits per heavy atom. The van der Waals surface area contributed by atoms with Gasteiger partial charge in [0.25, 0.3) is 0 Å². The van der Waals surface area contributed by atoms with Crippen LogP contribution in [0.15, 0.2) is 75.7 Å². The molecule has 0 aliphatic carbocycles. The third-order valence-electron chi connectivity index (χ3n) is 3.59. The third kappa shape index (κ3) is 2.64. The number of hydrazone groups is 1. The van der Waals surface area contributed by atoms with Gasteiger partial charge in [-0.05, 0) is 36.5 Å². The van der Waals surface area contributed by atoms with E-state index in [0.717, 1.165) is 23.0 Å². The van der Waals surface area contributed by atoms with Gasteiger partial charge in [0.1, 0.15) is 17.6 Å². The Labute approximate surface area is 139 Å². The van der Waals surface area contributed by atoms with E-state index in [1.165, 1.54) is 0 Å². The molecule has 1 atom stereocenters. The molecule has 0 fully saturated rings. The van der Waals surface area contributed by atoms with Gasteiger partial charge in [0.2, 0.25) is 5.11 Å². The number of hydrogen-bond donors (Lipinski definition) is 1. The molecule has 2 aliphatic rings. The van der Waals surface area contributed by atoms with E-state index in [1.54, 1.807) is 5.01 Å². The van der Waals surface area contributed by atoms with E-state index in [1.807, 2.05) is 66.9 Å². The zero-order chi connectivity index (χ0) is 15.6. The van der Waals surface area contributed by atoms with Crippen LogP contribution in [0.4, 0.5) is 11.4 Å². The van der Waals surface area contributed by atoms with Crippen molar-refractivity contribution in [3.05, 3.63) is 60.7 Å². The molecule has 112 valence electrons. The van der Waals surface area contributed by atoms with Crippen LogP contribution in [0, 0.1) is 5.92 Å². The van der Waals surface area contributed by atoms with Crippen molar-refractivity contribution in [2.24, 2.45) is 21.0 Å². The fourth-order valence-corrected chi connectivity index (χ4v) is 2.73.